The summed E-state index contributed by atoms with van der Waals surface area (Å²) >= 11 is 0. The molecule has 0 spiro atoms. The van der Waals surface area contributed by atoms with Gasteiger partial charge < -0.3 is 10.2 Å². The summed E-state index contributed by atoms with van der Waals surface area (Å²) in [5, 5.41) is 2.69. The minimum atomic E-state index is -0.904. The van der Waals surface area contributed by atoms with E-state index in [2.05, 4.69) is 22.3 Å². The molecule has 2 fully saturated rings. The first-order chi connectivity index (χ1) is 13.3. The van der Waals surface area contributed by atoms with Gasteiger partial charge in [0.05, 0.1) is 0 Å². The molecule has 1 atom stereocenters. The average Bonchev–Trinajstić information content (AvgIpc) is 2.92. The molecule has 2 aliphatic rings. The third-order valence-electron chi connectivity index (χ3n) is 6.09. The van der Waals surface area contributed by atoms with Gasteiger partial charge in [0, 0.05) is 32.7 Å². The Labute approximate surface area is 166 Å². The summed E-state index contributed by atoms with van der Waals surface area (Å²) in [6.45, 7) is 6.12. The molecule has 28 heavy (non-hydrogen) atoms. The van der Waals surface area contributed by atoms with Crippen molar-refractivity contribution >= 4 is 17.8 Å². The maximum Gasteiger partial charge on any atom is 0.325 e. The molecule has 1 aromatic rings. The second-order valence-corrected chi connectivity index (χ2v) is 8.00. The molecule has 0 aliphatic carbocycles. The van der Waals surface area contributed by atoms with E-state index in [4.69, 9.17) is 0 Å². The third kappa shape index (κ3) is 4.19. The van der Waals surface area contributed by atoms with E-state index in [9.17, 15) is 14.4 Å². The average molecular weight is 386 g/mol. The van der Waals surface area contributed by atoms with Crippen LogP contribution in [0.4, 0.5) is 4.79 Å². The van der Waals surface area contributed by atoms with Crippen LogP contribution in [0.5, 0.6) is 0 Å². The van der Waals surface area contributed by atoms with Crippen molar-refractivity contribution in [1.82, 2.24) is 20.0 Å². The van der Waals surface area contributed by atoms with Crippen LogP contribution in [0.3, 0.4) is 0 Å². The van der Waals surface area contributed by atoms with E-state index in [1.54, 1.807) is 18.9 Å². The van der Waals surface area contributed by atoms with Crippen LogP contribution in [-0.2, 0) is 16.1 Å². The molecule has 4 amide bonds. The van der Waals surface area contributed by atoms with Gasteiger partial charge in [-0.3, -0.25) is 19.4 Å². The molecule has 7 nitrogen and oxygen atoms in total. The highest BCUT2D eigenvalue weighted by atomic mass is 16.2. The van der Waals surface area contributed by atoms with Crippen molar-refractivity contribution in [3.63, 3.8) is 0 Å². The smallest absolute Gasteiger partial charge is 0.325 e. The van der Waals surface area contributed by atoms with E-state index in [-0.39, 0.29) is 24.4 Å². The number of likely N-dealkylation sites (tertiary alicyclic amines) is 1. The van der Waals surface area contributed by atoms with Crippen LogP contribution >= 0.6 is 0 Å². The van der Waals surface area contributed by atoms with Gasteiger partial charge in [-0.15, -0.1) is 0 Å². The third-order valence-corrected chi connectivity index (χ3v) is 6.09. The quantitative estimate of drug-likeness (QED) is 0.757. The Kier molecular flexibility index (Phi) is 6.03. The summed E-state index contributed by atoms with van der Waals surface area (Å²) in [6.07, 6.45) is 2.28. The number of imide groups is 1. The Morgan fingerprint density at radius 3 is 2.43 bits per heavy atom. The number of amides is 4. The molecule has 1 N–H and O–H groups in total. The number of nitrogens with one attached hydrogen (secondary N) is 1. The van der Waals surface area contributed by atoms with E-state index in [1.165, 1.54) is 5.56 Å². The predicted molar refractivity (Wildman–Crippen MR) is 106 cm³/mol. The summed E-state index contributed by atoms with van der Waals surface area (Å²) < 4.78 is 0. The number of rotatable bonds is 6. The number of hydrogen-bond donors (Lipinski definition) is 1. The van der Waals surface area contributed by atoms with Gasteiger partial charge in [-0.2, -0.15) is 0 Å². The fourth-order valence-electron chi connectivity index (χ4n) is 3.89. The maximum absolute atomic E-state index is 12.7. The Morgan fingerprint density at radius 1 is 1.21 bits per heavy atom. The lowest BCUT2D eigenvalue weighted by Gasteiger charge is -2.37. The van der Waals surface area contributed by atoms with Crippen LogP contribution in [0.15, 0.2) is 30.3 Å². The lowest BCUT2D eigenvalue weighted by atomic mass is 9.99. The minimum Gasteiger partial charge on any atom is -0.341 e. The number of carbonyl (C=O) groups excluding carboxylic acids is 3. The van der Waals surface area contributed by atoms with Crippen LogP contribution in [0.25, 0.3) is 0 Å². The number of hydrogen-bond acceptors (Lipinski definition) is 4. The van der Waals surface area contributed by atoms with E-state index < -0.39 is 11.6 Å². The van der Waals surface area contributed by atoms with Gasteiger partial charge in [-0.1, -0.05) is 37.3 Å². The highest BCUT2D eigenvalue weighted by Gasteiger charge is 2.47. The molecule has 1 aromatic carbocycles. The second-order valence-electron chi connectivity index (χ2n) is 8.00. The van der Waals surface area contributed by atoms with Crippen LogP contribution in [-0.4, -0.2) is 70.8 Å². The lowest BCUT2D eigenvalue weighted by Crippen LogP contribution is -2.49. The molecule has 0 bridgehead atoms. The number of likely N-dealkylation sites (N-methyl/N-ethyl adjacent to an activating group) is 1. The molecular weight excluding hydrogens is 356 g/mol. The molecule has 7 heteroatoms. The van der Waals surface area contributed by atoms with Gasteiger partial charge in [0.15, 0.2) is 0 Å². The van der Waals surface area contributed by atoms with Crippen molar-refractivity contribution in [3.8, 4) is 0 Å². The zero-order chi connectivity index (χ0) is 20.3. The molecular formula is C21H30N4O3. The summed E-state index contributed by atoms with van der Waals surface area (Å²) in [5.41, 5.74) is 0.390. The normalized spacial score (nSPS) is 23.8. The minimum absolute atomic E-state index is 0.137. The second kappa shape index (κ2) is 8.31. The van der Waals surface area contributed by atoms with E-state index in [1.807, 2.05) is 25.1 Å². The Bertz CT molecular complexity index is 730. The van der Waals surface area contributed by atoms with Crippen LogP contribution in [0.1, 0.15) is 38.7 Å². The molecule has 0 radical (unpaired) electrons. The highest BCUT2D eigenvalue weighted by molar-refractivity contribution is 6.08. The van der Waals surface area contributed by atoms with Crippen molar-refractivity contribution < 1.29 is 14.4 Å². The van der Waals surface area contributed by atoms with Gasteiger partial charge in [0.25, 0.3) is 5.91 Å². The fraction of sp³-hybridized carbons (Fsp3) is 0.571. The lowest BCUT2D eigenvalue weighted by molar-refractivity contribution is -0.139. The number of urea groups is 1. The Hall–Kier alpha value is -2.41. The molecule has 1 unspecified atom stereocenters. The molecule has 3 rings (SSSR count). The van der Waals surface area contributed by atoms with E-state index in [0.29, 0.717) is 6.42 Å². The van der Waals surface area contributed by atoms with Gasteiger partial charge in [-0.05, 0) is 31.7 Å². The fourth-order valence-corrected chi connectivity index (χ4v) is 3.89. The van der Waals surface area contributed by atoms with Crippen molar-refractivity contribution in [2.75, 3.05) is 26.7 Å². The zero-order valence-corrected chi connectivity index (χ0v) is 17.0. The molecule has 152 valence electrons. The Balaban J connectivity index is 1.51. The van der Waals surface area contributed by atoms with Crippen molar-refractivity contribution in [2.45, 2.75) is 51.2 Å². The molecule has 2 heterocycles. The maximum atomic E-state index is 12.7. The van der Waals surface area contributed by atoms with E-state index in [0.717, 1.165) is 37.4 Å². The largest absolute Gasteiger partial charge is 0.341 e. The van der Waals surface area contributed by atoms with Gasteiger partial charge >= 0.3 is 6.03 Å². The SMILES string of the molecule is CCC1(C)NC(=O)N(CC(=O)N(C)C2CCN(Cc3ccccc3)CC2)C1=O. The summed E-state index contributed by atoms with van der Waals surface area (Å²) in [6, 6.07) is 10.0. The van der Waals surface area contributed by atoms with Crippen LogP contribution in [0, 0.1) is 0 Å². The van der Waals surface area contributed by atoms with Gasteiger partial charge in [0.2, 0.25) is 5.91 Å². The molecule has 0 aromatic heterocycles. The predicted octanol–water partition coefficient (Wildman–Crippen LogP) is 1.83. The highest BCUT2D eigenvalue weighted by Crippen LogP contribution is 2.22. The number of piperidine rings is 1. The van der Waals surface area contributed by atoms with Crippen LogP contribution < -0.4 is 5.32 Å². The number of carbonyl (C=O) groups is 3. The standard InChI is InChI=1S/C21H30N4O3/c1-4-21(2)19(27)25(20(28)22-21)15-18(26)23(3)17-10-12-24(13-11-17)14-16-8-6-5-7-9-16/h5-9,17H,4,10-15H2,1-3H3,(H,22,28). The Morgan fingerprint density at radius 2 is 1.86 bits per heavy atom. The zero-order valence-electron chi connectivity index (χ0n) is 17.0. The van der Waals surface area contributed by atoms with Crippen LogP contribution in [0.2, 0.25) is 0 Å². The first-order valence-electron chi connectivity index (χ1n) is 10.00. The van der Waals surface area contributed by atoms with Crippen molar-refractivity contribution in [1.29, 1.82) is 0 Å². The molecule has 2 aliphatic heterocycles. The van der Waals surface area contributed by atoms with Gasteiger partial charge in [-0.25, -0.2) is 4.79 Å². The molecule has 2 saturated heterocycles. The number of nitrogens with zero attached hydrogens (tertiary/aromatic N) is 3. The van der Waals surface area contributed by atoms with Crippen molar-refractivity contribution in [3.05, 3.63) is 35.9 Å². The first kappa shape index (κ1) is 20.3. The summed E-state index contributed by atoms with van der Waals surface area (Å²) in [4.78, 5) is 42.5. The first-order valence-corrected chi connectivity index (χ1v) is 10.00. The van der Waals surface area contributed by atoms with Gasteiger partial charge in [0.1, 0.15) is 12.1 Å². The topological polar surface area (TPSA) is 73.0 Å². The van der Waals surface area contributed by atoms with E-state index >= 15 is 0 Å². The summed E-state index contributed by atoms with van der Waals surface area (Å²) in [7, 11) is 1.78. The monoisotopic (exact) mass is 386 g/mol. The summed E-state index contributed by atoms with van der Waals surface area (Å²) in [5.74, 6) is -0.509. The van der Waals surface area contributed by atoms with Crippen molar-refractivity contribution in [2.24, 2.45) is 0 Å². The number of benzene rings is 1. The molecule has 0 saturated carbocycles.